The van der Waals surface area contributed by atoms with Crippen LogP contribution >= 0.6 is 0 Å². The number of nitrogen functional groups attached to an aromatic ring is 1. The van der Waals surface area contributed by atoms with Gasteiger partial charge in [-0.3, -0.25) is 0 Å². The Morgan fingerprint density at radius 1 is 1.36 bits per heavy atom. The van der Waals surface area contributed by atoms with Gasteiger partial charge in [0.2, 0.25) is 11.8 Å². The largest absolute Gasteiger partial charge is 0.481 e. The SMILES string of the molecule is COc1cc(N2CCCC2)nc(N)n1. The summed E-state index contributed by atoms with van der Waals surface area (Å²) >= 11 is 0. The van der Waals surface area contributed by atoms with Gasteiger partial charge in [-0.1, -0.05) is 0 Å². The highest BCUT2D eigenvalue weighted by Gasteiger charge is 2.15. The van der Waals surface area contributed by atoms with E-state index in [4.69, 9.17) is 10.5 Å². The highest BCUT2D eigenvalue weighted by atomic mass is 16.5. The van der Waals surface area contributed by atoms with E-state index in [0.717, 1.165) is 18.9 Å². The molecule has 2 N–H and O–H groups in total. The van der Waals surface area contributed by atoms with Gasteiger partial charge in [0, 0.05) is 19.2 Å². The van der Waals surface area contributed by atoms with Crippen molar-refractivity contribution in [1.29, 1.82) is 0 Å². The number of ether oxygens (including phenoxy) is 1. The van der Waals surface area contributed by atoms with Crippen LogP contribution in [0.2, 0.25) is 0 Å². The van der Waals surface area contributed by atoms with Gasteiger partial charge in [0.1, 0.15) is 5.82 Å². The minimum absolute atomic E-state index is 0.270. The summed E-state index contributed by atoms with van der Waals surface area (Å²) < 4.78 is 5.04. The molecule has 0 aliphatic carbocycles. The number of nitrogens with zero attached hydrogens (tertiary/aromatic N) is 3. The minimum atomic E-state index is 0.270. The molecule has 1 aromatic rings. The van der Waals surface area contributed by atoms with Crippen molar-refractivity contribution in [2.45, 2.75) is 12.8 Å². The number of hydrogen-bond donors (Lipinski definition) is 1. The first-order chi connectivity index (χ1) is 6.79. The molecule has 1 aliphatic rings. The number of aromatic nitrogens is 2. The van der Waals surface area contributed by atoms with E-state index < -0.39 is 0 Å². The first kappa shape index (κ1) is 9.05. The van der Waals surface area contributed by atoms with E-state index in [1.165, 1.54) is 12.8 Å². The highest BCUT2D eigenvalue weighted by Crippen LogP contribution is 2.21. The van der Waals surface area contributed by atoms with Crippen LogP contribution in [0, 0.1) is 0 Å². The number of rotatable bonds is 2. The third-order valence-corrected chi connectivity index (χ3v) is 2.35. The van der Waals surface area contributed by atoms with Crippen LogP contribution in [0.25, 0.3) is 0 Å². The smallest absolute Gasteiger partial charge is 0.225 e. The van der Waals surface area contributed by atoms with Crippen LogP contribution in [0.5, 0.6) is 5.88 Å². The van der Waals surface area contributed by atoms with Gasteiger partial charge in [-0.15, -0.1) is 0 Å². The van der Waals surface area contributed by atoms with Crippen LogP contribution in [0.4, 0.5) is 11.8 Å². The van der Waals surface area contributed by atoms with E-state index in [9.17, 15) is 0 Å². The number of anilines is 2. The van der Waals surface area contributed by atoms with E-state index in [0.29, 0.717) is 5.88 Å². The Balaban J connectivity index is 2.27. The summed E-state index contributed by atoms with van der Waals surface area (Å²) in [5.41, 5.74) is 5.57. The van der Waals surface area contributed by atoms with Gasteiger partial charge >= 0.3 is 0 Å². The van der Waals surface area contributed by atoms with Crippen molar-refractivity contribution in [3.63, 3.8) is 0 Å². The zero-order valence-electron chi connectivity index (χ0n) is 8.23. The van der Waals surface area contributed by atoms with Gasteiger partial charge in [0.15, 0.2) is 0 Å². The third-order valence-electron chi connectivity index (χ3n) is 2.35. The molecule has 0 amide bonds. The first-order valence-electron chi connectivity index (χ1n) is 4.73. The lowest BCUT2D eigenvalue weighted by atomic mass is 10.4. The molecule has 1 aromatic heterocycles. The Bertz CT molecular complexity index is 323. The molecule has 0 atom stereocenters. The van der Waals surface area contributed by atoms with Crippen molar-refractivity contribution in [2.75, 3.05) is 30.8 Å². The molecule has 0 spiro atoms. The second-order valence-electron chi connectivity index (χ2n) is 3.32. The van der Waals surface area contributed by atoms with Crippen molar-refractivity contribution in [3.05, 3.63) is 6.07 Å². The van der Waals surface area contributed by atoms with Crippen molar-refractivity contribution in [3.8, 4) is 5.88 Å². The lowest BCUT2D eigenvalue weighted by Crippen LogP contribution is -2.19. The molecule has 5 heteroatoms. The Morgan fingerprint density at radius 3 is 2.71 bits per heavy atom. The van der Waals surface area contributed by atoms with Crippen molar-refractivity contribution in [2.24, 2.45) is 0 Å². The van der Waals surface area contributed by atoms with E-state index in [1.54, 1.807) is 7.11 Å². The van der Waals surface area contributed by atoms with Crippen LogP contribution in [0.15, 0.2) is 6.07 Å². The van der Waals surface area contributed by atoms with Gasteiger partial charge in [-0.2, -0.15) is 9.97 Å². The zero-order valence-corrected chi connectivity index (χ0v) is 8.23. The Labute approximate surface area is 82.9 Å². The Hall–Kier alpha value is -1.52. The van der Waals surface area contributed by atoms with E-state index in [-0.39, 0.29) is 5.95 Å². The molecule has 0 aromatic carbocycles. The lowest BCUT2D eigenvalue weighted by Gasteiger charge is -2.16. The molecular formula is C9H14N4O. The van der Waals surface area contributed by atoms with Gasteiger partial charge in [-0.25, -0.2) is 0 Å². The van der Waals surface area contributed by atoms with Gasteiger partial charge in [-0.05, 0) is 12.8 Å². The van der Waals surface area contributed by atoms with Crippen LogP contribution in [0.3, 0.4) is 0 Å². The van der Waals surface area contributed by atoms with Gasteiger partial charge in [0.05, 0.1) is 7.11 Å². The first-order valence-corrected chi connectivity index (χ1v) is 4.73. The maximum atomic E-state index is 5.57. The summed E-state index contributed by atoms with van der Waals surface area (Å²) in [5, 5.41) is 0. The number of nitrogens with two attached hydrogens (primary N) is 1. The second-order valence-corrected chi connectivity index (χ2v) is 3.32. The van der Waals surface area contributed by atoms with E-state index in [1.807, 2.05) is 6.07 Å². The molecule has 5 nitrogen and oxygen atoms in total. The molecule has 0 radical (unpaired) electrons. The van der Waals surface area contributed by atoms with Crippen LogP contribution in [0.1, 0.15) is 12.8 Å². The molecule has 0 unspecified atom stereocenters. The van der Waals surface area contributed by atoms with Crippen LogP contribution in [-0.4, -0.2) is 30.2 Å². The van der Waals surface area contributed by atoms with Crippen molar-refractivity contribution < 1.29 is 4.74 Å². The fourth-order valence-electron chi connectivity index (χ4n) is 1.64. The molecule has 14 heavy (non-hydrogen) atoms. The lowest BCUT2D eigenvalue weighted by molar-refractivity contribution is 0.397. The molecule has 1 aliphatic heterocycles. The minimum Gasteiger partial charge on any atom is -0.481 e. The van der Waals surface area contributed by atoms with E-state index in [2.05, 4.69) is 14.9 Å². The summed E-state index contributed by atoms with van der Waals surface area (Å²) in [7, 11) is 1.58. The Kier molecular flexibility index (Phi) is 2.39. The summed E-state index contributed by atoms with van der Waals surface area (Å²) in [5.74, 6) is 1.66. The molecule has 1 saturated heterocycles. The quantitative estimate of drug-likeness (QED) is 0.749. The topological polar surface area (TPSA) is 64.3 Å². The normalized spacial score (nSPS) is 15.9. The maximum Gasteiger partial charge on any atom is 0.225 e. The van der Waals surface area contributed by atoms with Crippen LogP contribution in [-0.2, 0) is 0 Å². The summed E-state index contributed by atoms with van der Waals surface area (Å²) in [6.07, 6.45) is 2.43. The predicted molar refractivity (Wildman–Crippen MR) is 54.4 cm³/mol. The fraction of sp³-hybridized carbons (Fsp3) is 0.556. The van der Waals surface area contributed by atoms with Crippen molar-refractivity contribution >= 4 is 11.8 Å². The van der Waals surface area contributed by atoms with Gasteiger partial charge in [0.25, 0.3) is 0 Å². The molecule has 0 bridgehead atoms. The fourth-order valence-corrected chi connectivity index (χ4v) is 1.64. The predicted octanol–water partition coefficient (Wildman–Crippen LogP) is 0.668. The molecule has 76 valence electrons. The molecule has 1 fully saturated rings. The third kappa shape index (κ3) is 1.71. The van der Waals surface area contributed by atoms with Crippen LogP contribution < -0.4 is 15.4 Å². The maximum absolute atomic E-state index is 5.57. The molecule has 2 heterocycles. The summed E-state index contributed by atoms with van der Waals surface area (Å²) in [6.45, 7) is 2.08. The zero-order chi connectivity index (χ0) is 9.97. The number of methoxy groups -OCH3 is 1. The van der Waals surface area contributed by atoms with Crippen molar-refractivity contribution in [1.82, 2.24) is 9.97 Å². The molecule has 0 saturated carbocycles. The Morgan fingerprint density at radius 2 is 2.07 bits per heavy atom. The standard InChI is InChI=1S/C9H14N4O/c1-14-8-6-7(11-9(10)12-8)13-4-2-3-5-13/h6H,2-5H2,1H3,(H2,10,11,12). The monoisotopic (exact) mass is 194 g/mol. The second kappa shape index (κ2) is 3.69. The molecule has 2 rings (SSSR count). The molecular weight excluding hydrogens is 180 g/mol. The number of hydrogen-bond acceptors (Lipinski definition) is 5. The van der Waals surface area contributed by atoms with E-state index >= 15 is 0 Å². The average molecular weight is 194 g/mol. The highest BCUT2D eigenvalue weighted by molar-refractivity contribution is 5.46. The summed E-state index contributed by atoms with van der Waals surface area (Å²) in [4.78, 5) is 10.3. The van der Waals surface area contributed by atoms with Gasteiger partial charge < -0.3 is 15.4 Å². The average Bonchev–Trinajstić information content (AvgIpc) is 2.69. The summed E-state index contributed by atoms with van der Waals surface area (Å²) in [6, 6.07) is 1.82.